The summed E-state index contributed by atoms with van der Waals surface area (Å²) in [5.41, 5.74) is 3.58. The molecule has 1 aromatic heterocycles. The molecule has 4 aromatic rings. The Morgan fingerprint density at radius 3 is 2.52 bits per heavy atom. The Labute approximate surface area is 182 Å². The van der Waals surface area contributed by atoms with E-state index in [1.807, 2.05) is 24.4 Å². The maximum atomic E-state index is 11.3. The molecule has 0 saturated heterocycles. The molecular weight excluding hydrogens is 386 g/mol. The average molecular weight is 416 g/mol. The highest BCUT2D eigenvalue weighted by atomic mass is 16.4. The van der Waals surface area contributed by atoms with E-state index in [0.29, 0.717) is 6.42 Å². The summed E-state index contributed by atoms with van der Waals surface area (Å²) in [4.78, 5) is 14.6. The Hall–Kier alpha value is -3.15. The van der Waals surface area contributed by atoms with Crippen molar-refractivity contribution in [3.63, 3.8) is 0 Å². The van der Waals surface area contributed by atoms with Gasteiger partial charge in [-0.05, 0) is 47.4 Å². The van der Waals surface area contributed by atoms with Gasteiger partial charge < -0.3 is 20.7 Å². The molecule has 0 aliphatic rings. The Bertz CT molecular complexity index is 1150. The fourth-order valence-corrected chi connectivity index (χ4v) is 4.22. The lowest BCUT2D eigenvalue weighted by molar-refractivity contribution is -0.137. The fourth-order valence-electron chi connectivity index (χ4n) is 4.22. The van der Waals surface area contributed by atoms with Crippen molar-refractivity contribution < 1.29 is 9.90 Å². The van der Waals surface area contributed by atoms with Gasteiger partial charge in [0.05, 0.1) is 6.42 Å². The van der Waals surface area contributed by atoms with Gasteiger partial charge in [0, 0.05) is 36.2 Å². The van der Waals surface area contributed by atoms with E-state index in [1.54, 1.807) is 0 Å². The average Bonchev–Trinajstić information content (AvgIpc) is 3.18. The van der Waals surface area contributed by atoms with Crippen LogP contribution >= 0.6 is 0 Å². The zero-order chi connectivity index (χ0) is 21.5. The second-order valence-electron chi connectivity index (χ2n) is 7.95. The lowest BCUT2D eigenvalue weighted by atomic mass is 10.0. The van der Waals surface area contributed by atoms with Gasteiger partial charge in [0.25, 0.3) is 0 Å². The first kappa shape index (κ1) is 21.1. The molecule has 0 aliphatic heterocycles. The van der Waals surface area contributed by atoms with Crippen LogP contribution in [0, 0.1) is 0 Å². The Morgan fingerprint density at radius 1 is 0.871 bits per heavy atom. The summed E-state index contributed by atoms with van der Waals surface area (Å²) < 4.78 is 0. The van der Waals surface area contributed by atoms with Crippen molar-refractivity contribution in [1.82, 2.24) is 15.6 Å². The van der Waals surface area contributed by atoms with Gasteiger partial charge in [-0.3, -0.25) is 4.79 Å². The van der Waals surface area contributed by atoms with Gasteiger partial charge in [0.1, 0.15) is 0 Å². The molecule has 5 nitrogen and oxygen atoms in total. The summed E-state index contributed by atoms with van der Waals surface area (Å²) in [6, 6.07) is 22.9. The summed E-state index contributed by atoms with van der Waals surface area (Å²) in [6.07, 6.45) is 3.75. The standard InChI is InChI=1S/C26H29N3O2/c30-26(31)17-22(16-21-18-29-25-11-4-3-10-24(21)25)28-15-14-27-13-12-20-8-5-7-19-6-1-2-9-23(19)20/h1-11,18,22,27-29H,12-17H2,(H,30,31). The van der Waals surface area contributed by atoms with Crippen molar-refractivity contribution in [2.45, 2.75) is 25.3 Å². The number of rotatable bonds is 11. The van der Waals surface area contributed by atoms with Gasteiger partial charge in [-0.2, -0.15) is 0 Å². The van der Waals surface area contributed by atoms with Crippen molar-refractivity contribution in [1.29, 1.82) is 0 Å². The topological polar surface area (TPSA) is 77.1 Å². The molecule has 1 heterocycles. The molecule has 1 unspecified atom stereocenters. The minimum atomic E-state index is -0.777. The molecule has 0 aliphatic carbocycles. The number of carboxylic acids is 1. The van der Waals surface area contributed by atoms with Crippen LogP contribution in [0.2, 0.25) is 0 Å². The number of carboxylic acid groups (broad SMARTS) is 1. The van der Waals surface area contributed by atoms with Crippen LogP contribution in [0.25, 0.3) is 21.7 Å². The molecule has 160 valence electrons. The first-order valence-corrected chi connectivity index (χ1v) is 10.9. The van der Waals surface area contributed by atoms with Crippen LogP contribution in [-0.4, -0.2) is 41.7 Å². The van der Waals surface area contributed by atoms with E-state index in [4.69, 9.17) is 0 Å². The van der Waals surface area contributed by atoms with Crippen LogP contribution in [0.3, 0.4) is 0 Å². The first-order valence-electron chi connectivity index (χ1n) is 10.9. The monoisotopic (exact) mass is 415 g/mol. The number of carbonyl (C=O) groups is 1. The van der Waals surface area contributed by atoms with E-state index in [9.17, 15) is 9.90 Å². The maximum Gasteiger partial charge on any atom is 0.304 e. The fraction of sp³-hybridized carbons (Fsp3) is 0.269. The van der Waals surface area contributed by atoms with Crippen LogP contribution in [0.5, 0.6) is 0 Å². The summed E-state index contributed by atoms with van der Waals surface area (Å²) in [6.45, 7) is 2.42. The van der Waals surface area contributed by atoms with Crippen LogP contribution in [-0.2, 0) is 17.6 Å². The second kappa shape index (κ2) is 10.2. The van der Waals surface area contributed by atoms with E-state index in [2.05, 4.69) is 64.1 Å². The number of H-pyrrole nitrogens is 1. The Balaban J connectivity index is 1.26. The Kier molecular flexibility index (Phi) is 6.97. The van der Waals surface area contributed by atoms with E-state index >= 15 is 0 Å². The minimum absolute atomic E-state index is 0.100. The smallest absolute Gasteiger partial charge is 0.304 e. The Morgan fingerprint density at radius 2 is 1.65 bits per heavy atom. The highest BCUT2D eigenvalue weighted by molar-refractivity contribution is 5.85. The molecule has 0 bridgehead atoms. The maximum absolute atomic E-state index is 11.3. The van der Waals surface area contributed by atoms with E-state index in [1.165, 1.54) is 16.3 Å². The summed E-state index contributed by atoms with van der Waals surface area (Å²) in [5.74, 6) is -0.777. The third kappa shape index (κ3) is 5.51. The first-order chi connectivity index (χ1) is 15.2. The number of aromatic nitrogens is 1. The lowest BCUT2D eigenvalue weighted by Gasteiger charge is -2.17. The van der Waals surface area contributed by atoms with Crippen molar-refractivity contribution >= 4 is 27.6 Å². The lowest BCUT2D eigenvalue weighted by Crippen LogP contribution is -2.38. The van der Waals surface area contributed by atoms with Crippen LogP contribution in [0.4, 0.5) is 0 Å². The van der Waals surface area contributed by atoms with Crippen molar-refractivity contribution in [3.8, 4) is 0 Å². The highest BCUT2D eigenvalue weighted by Gasteiger charge is 2.15. The summed E-state index contributed by atoms with van der Waals surface area (Å²) in [7, 11) is 0. The predicted molar refractivity (Wildman–Crippen MR) is 127 cm³/mol. The second-order valence-corrected chi connectivity index (χ2v) is 7.95. The SMILES string of the molecule is O=C(O)CC(Cc1c[nH]c2ccccc12)NCCNCCc1cccc2ccccc12. The highest BCUT2D eigenvalue weighted by Crippen LogP contribution is 2.20. The van der Waals surface area contributed by atoms with E-state index in [-0.39, 0.29) is 12.5 Å². The zero-order valence-electron chi connectivity index (χ0n) is 17.6. The molecule has 0 fully saturated rings. The number of para-hydroxylation sites is 1. The molecule has 0 amide bonds. The van der Waals surface area contributed by atoms with Crippen molar-refractivity contribution in [3.05, 3.63) is 84.1 Å². The van der Waals surface area contributed by atoms with Gasteiger partial charge in [-0.25, -0.2) is 0 Å². The van der Waals surface area contributed by atoms with Gasteiger partial charge in [0.15, 0.2) is 0 Å². The molecule has 3 aromatic carbocycles. The molecule has 0 spiro atoms. The number of hydrogen-bond donors (Lipinski definition) is 4. The minimum Gasteiger partial charge on any atom is -0.481 e. The van der Waals surface area contributed by atoms with Crippen molar-refractivity contribution in [2.24, 2.45) is 0 Å². The number of nitrogens with one attached hydrogen (secondary N) is 3. The molecule has 4 N–H and O–H groups in total. The van der Waals surface area contributed by atoms with Crippen LogP contribution < -0.4 is 10.6 Å². The number of benzene rings is 3. The van der Waals surface area contributed by atoms with Gasteiger partial charge in [-0.15, -0.1) is 0 Å². The van der Waals surface area contributed by atoms with Crippen LogP contribution in [0.1, 0.15) is 17.5 Å². The molecule has 0 saturated carbocycles. The van der Waals surface area contributed by atoms with Crippen molar-refractivity contribution in [2.75, 3.05) is 19.6 Å². The molecular formula is C26H29N3O2. The van der Waals surface area contributed by atoms with Crippen LogP contribution in [0.15, 0.2) is 72.9 Å². The number of hydrogen-bond acceptors (Lipinski definition) is 3. The molecule has 4 rings (SSSR count). The number of aliphatic carboxylic acids is 1. The van der Waals surface area contributed by atoms with E-state index < -0.39 is 5.97 Å². The van der Waals surface area contributed by atoms with Gasteiger partial charge in [-0.1, -0.05) is 60.7 Å². The van der Waals surface area contributed by atoms with Gasteiger partial charge in [0.2, 0.25) is 0 Å². The normalized spacial score (nSPS) is 12.4. The molecule has 1 atom stereocenters. The molecule has 31 heavy (non-hydrogen) atoms. The summed E-state index contributed by atoms with van der Waals surface area (Å²) >= 11 is 0. The largest absolute Gasteiger partial charge is 0.481 e. The number of aromatic amines is 1. The summed E-state index contributed by atoms with van der Waals surface area (Å²) in [5, 5.41) is 20.0. The third-order valence-corrected chi connectivity index (χ3v) is 5.75. The molecule has 5 heteroatoms. The molecule has 0 radical (unpaired) electrons. The quantitative estimate of drug-likeness (QED) is 0.278. The van der Waals surface area contributed by atoms with E-state index in [0.717, 1.165) is 42.5 Å². The van der Waals surface area contributed by atoms with Gasteiger partial charge >= 0.3 is 5.97 Å². The predicted octanol–water partition coefficient (Wildman–Crippen LogP) is 4.13. The third-order valence-electron chi connectivity index (χ3n) is 5.75. The zero-order valence-corrected chi connectivity index (χ0v) is 17.6. The number of fused-ring (bicyclic) bond motifs is 2.